The molecule has 0 amide bonds. The lowest BCUT2D eigenvalue weighted by molar-refractivity contribution is 0.224. The van der Waals surface area contributed by atoms with E-state index in [1.165, 1.54) is 90.1 Å². The average molecular weight is 268 g/mol. The van der Waals surface area contributed by atoms with Gasteiger partial charge < -0.3 is 5.32 Å². The van der Waals surface area contributed by atoms with Crippen molar-refractivity contribution < 1.29 is 0 Å². The van der Waals surface area contributed by atoms with Gasteiger partial charge in [-0.15, -0.1) is 0 Å². The number of hydrogen-bond donors (Lipinski definition) is 1. The van der Waals surface area contributed by atoms with E-state index in [4.69, 9.17) is 0 Å². The van der Waals surface area contributed by atoms with Crippen molar-refractivity contribution >= 4 is 0 Å². The van der Waals surface area contributed by atoms with Gasteiger partial charge in [0.25, 0.3) is 0 Å². The van der Waals surface area contributed by atoms with E-state index in [9.17, 15) is 0 Å². The largest absolute Gasteiger partial charge is 0.317 e. The molecule has 1 N–H and O–H groups in total. The molecule has 0 saturated carbocycles. The molecule has 1 heteroatoms. The Kier molecular flexibility index (Phi) is 10.5. The maximum absolute atomic E-state index is 3.52. The first-order valence-electron chi connectivity index (χ1n) is 9.09. The van der Waals surface area contributed by atoms with Gasteiger partial charge in [-0.25, -0.2) is 0 Å². The molecule has 0 aliphatic carbocycles. The third kappa shape index (κ3) is 7.97. The van der Waals surface area contributed by atoms with E-state index >= 15 is 0 Å². The number of rotatable bonds is 11. The van der Waals surface area contributed by atoms with E-state index in [0.29, 0.717) is 0 Å². The minimum absolute atomic E-state index is 1.03. The summed E-state index contributed by atoms with van der Waals surface area (Å²) in [7, 11) is 0. The second-order valence-corrected chi connectivity index (χ2v) is 6.55. The van der Waals surface area contributed by atoms with Crippen LogP contribution >= 0.6 is 0 Å². The molecule has 1 fully saturated rings. The summed E-state index contributed by atoms with van der Waals surface area (Å²) in [6, 6.07) is 0. The Morgan fingerprint density at radius 1 is 0.789 bits per heavy atom. The fraction of sp³-hybridized carbons (Fsp3) is 1.00. The van der Waals surface area contributed by atoms with Gasteiger partial charge in [0, 0.05) is 0 Å². The van der Waals surface area contributed by atoms with Crippen LogP contribution < -0.4 is 5.32 Å². The average Bonchev–Trinajstić information content (AvgIpc) is 2.46. The molecule has 1 saturated heterocycles. The molecule has 0 aromatic heterocycles. The van der Waals surface area contributed by atoms with Crippen molar-refractivity contribution in [2.75, 3.05) is 13.1 Å². The zero-order chi connectivity index (χ0) is 13.8. The molecule has 114 valence electrons. The summed E-state index contributed by atoms with van der Waals surface area (Å²) < 4.78 is 0. The molecule has 0 radical (unpaired) electrons. The molecular weight excluding hydrogens is 230 g/mol. The summed E-state index contributed by atoms with van der Waals surface area (Å²) in [4.78, 5) is 0. The molecule has 0 spiro atoms. The maximum Gasteiger partial charge on any atom is -0.00462 e. The van der Waals surface area contributed by atoms with Crippen molar-refractivity contribution in [2.45, 2.75) is 90.9 Å². The van der Waals surface area contributed by atoms with Gasteiger partial charge in [-0.2, -0.15) is 0 Å². The number of nitrogens with one attached hydrogen (secondary N) is 1. The Bertz CT molecular complexity index is 172. The van der Waals surface area contributed by atoms with Gasteiger partial charge in [-0.05, 0) is 37.8 Å². The van der Waals surface area contributed by atoms with Crippen LogP contribution in [0, 0.1) is 11.8 Å². The normalized spacial score (nSPS) is 17.2. The zero-order valence-electron chi connectivity index (χ0n) is 13.6. The van der Waals surface area contributed by atoms with Crippen molar-refractivity contribution in [1.82, 2.24) is 5.32 Å². The lowest BCUT2D eigenvalue weighted by Gasteiger charge is -2.31. The number of piperidine rings is 1. The van der Waals surface area contributed by atoms with Gasteiger partial charge in [0.1, 0.15) is 0 Å². The predicted molar refractivity (Wildman–Crippen MR) is 86.6 cm³/mol. The second kappa shape index (κ2) is 11.8. The molecule has 1 heterocycles. The maximum atomic E-state index is 3.52. The Morgan fingerprint density at radius 3 is 1.79 bits per heavy atom. The molecular formula is C18H37N. The minimum Gasteiger partial charge on any atom is -0.317 e. The van der Waals surface area contributed by atoms with Gasteiger partial charge in [0.15, 0.2) is 0 Å². The van der Waals surface area contributed by atoms with Gasteiger partial charge in [0.2, 0.25) is 0 Å². The summed E-state index contributed by atoms with van der Waals surface area (Å²) in [5.74, 6) is 2.07. The molecule has 1 rings (SSSR count). The summed E-state index contributed by atoms with van der Waals surface area (Å²) in [6.45, 7) is 7.17. The molecule has 1 aliphatic heterocycles. The first-order valence-corrected chi connectivity index (χ1v) is 9.09. The monoisotopic (exact) mass is 267 g/mol. The Hall–Kier alpha value is -0.0400. The molecule has 0 bridgehead atoms. The molecule has 0 aromatic rings. The third-order valence-corrected chi connectivity index (χ3v) is 4.91. The van der Waals surface area contributed by atoms with Gasteiger partial charge in [-0.1, -0.05) is 78.1 Å². The predicted octanol–water partition coefficient (Wildman–Crippen LogP) is 5.54. The standard InChI is InChI=1S/C18H37N/c1-3-5-7-9-11-17(12-10-8-6-4-2)18-13-15-19-16-14-18/h17-19H,3-16H2,1-2H3. The molecule has 0 atom stereocenters. The van der Waals surface area contributed by atoms with E-state index in [2.05, 4.69) is 19.2 Å². The van der Waals surface area contributed by atoms with Crippen molar-refractivity contribution in [3.63, 3.8) is 0 Å². The van der Waals surface area contributed by atoms with Crippen LogP contribution in [-0.2, 0) is 0 Å². The van der Waals surface area contributed by atoms with Crippen LogP contribution in [0.4, 0.5) is 0 Å². The van der Waals surface area contributed by atoms with Gasteiger partial charge >= 0.3 is 0 Å². The van der Waals surface area contributed by atoms with Crippen LogP contribution in [0.5, 0.6) is 0 Å². The van der Waals surface area contributed by atoms with Gasteiger partial charge in [0.05, 0.1) is 0 Å². The van der Waals surface area contributed by atoms with Crippen molar-refractivity contribution in [3.05, 3.63) is 0 Å². The summed E-state index contributed by atoms with van der Waals surface area (Å²) >= 11 is 0. The lowest BCUT2D eigenvalue weighted by Crippen LogP contribution is -2.31. The van der Waals surface area contributed by atoms with Crippen molar-refractivity contribution in [1.29, 1.82) is 0 Å². The molecule has 1 aliphatic rings. The van der Waals surface area contributed by atoms with E-state index in [1.807, 2.05) is 0 Å². The van der Waals surface area contributed by atoms with E-state index in [1.54, 1.807) is 0 Å². The van der Waals surface area contributed by atoms with Crippen molar-refractivity contribution in [3.8, 4) is 0 Å². The van der Waals surface area contributed by atoms with Crippen LogP contribution in [0.15, 0.2) is 0 Å². The summed E-state index contributed by atoms with van der Waals surface area (Å²) in [5.41, 5.74) is 0. The van der Waals surface area contributed by atoms with E-state index in [0.717, 1.165) is 11.8 Å². The first-order chi connectivity index (χ1) is 9.38. The molecule has 1 nitrogen and oxygen atoms in total. The number of hydrogen-bond acceptors (Lipinski definition) is 1. The smallest absolute Gasteiger partial charge is 0.00462 e. The molecule has 19 heavy (non-hydrogen) atoms. The Labute approximate surface area is 121 Å². The second-order valence-electron chi connectivity index (χ2n) is 6.55. The van der Waals surface area contributed by atoms with Crippen LogP contribution in [0.3, 0.4) is 0 Å². The molecule has 0 unspecified atom stereocenters. The number of unbranched alkanes of at least 4 members (excludes halogenated alkanes) is 6. The quantitative estimate of drug-likeness (QED) is 0.484. The SMILES string of the molecule is CCCCCCC(CCCCCC)C1CCNCC1. The fourth-order valence-corrected chi connectivity index (χ4v) is 3.60. The van der Waals surface area contributed by atoms with E-state index in [-0.39, 0.29) is 0 Å². The van der Waals surface area contributed by atoms with Crippen LogP contribution in [-0.4, -0.2) is 13.1 Å². The van der Waals surface area contributed by atoms with Gasteiger partial charge in [-0.3, -0.25) is 0 Å². The summed E-state index contributed by atoms with van der Waals surface area (Å²) in [6.07, 6.45) is 17.4. The van der Waals surface area contributed by atoms with E-state index < -0.39 is 0 Å². The van der Waals surface area contributed by atoms with Crippen LogP contribution in [0.25, 0.3) is 0 Å². The highest BCUT2D eigenvalue weighted by Gasteiger charge is 2.22. The minimum atomic E-state index is 1.03. The Morgan fingerprint density at radius 2 is 1.32 bits per heavy atom. The van der Waals surface area contributed by atoms with Crippen LogP contribution in [0.2, 0.25) is 0 Å². The van der Waals surface area contributed by atoms with Crippen molar-refractivity contribution in [2.24, 2.45) is 11.8 Å². The molecule has 0 aromatic carbocycles. The topological polar surface area (TPSA) is 12.0 Å². The highest BCUT2D eigenvalue weighted by atomic mass is 14.9. The van der Waals surface area contributed by atoms with Crippen LogP contribution in [0.1, 0.15) is 90.9 Å². The fourth-order valence-electron chi connectivity index (χ4n) is 3.60. The highest BCUT2D eigenvalue weighted by Crippen LogP contribution is 2.31. The highest BCUT2D eigenvalue weighted by molar-refractivity contribution is 4.76. The zero-order valence-corrected chi connectivity index (χ0v) is 13.6. The lowest BCUT2D eigenvalue weighted by atomic mass is 9.79. The summed E-state index contributed by atoms with van der Waals surface area (Å²) in [5, 5.41) is 3.52. The Balaban J connectivity index is 2.24. The first kappa shape index (κ1) is 17.0. The third-order valence-electron chi connectivity index (χ3n) is 4.91.